The lowest BCUT2D eigenvalue weighted by molar-refractivity contribution is 0.303. The highest BCUT2D eigenvalue weighted by Crippen LogP contribution is 2.28. The molecule has 0 saturated carbocycles. The lowest BCUT2D eigenvalue weighted by Crippen LogP contribution is -1.98. The number of pyridine rings is 1. The predicted octanol–water partition coefficient (Wildman–Crippen LogP) is 9.42. The van der Waals surface area contributed by atoms with Gasteiger partial charge in [0.1, 0.15) is 11.6 Å². The topological polar surface area (TPSA) is 22.1 Å². The van der Waals surface area contributed by atoms with Gasteiger partial charge in [-0.25, -0.2) is 4.39 Å². The van der Waals surface area contributed by atoms with Gasteiger partial charge in [-0.2, -0.15) is 0 Å². The molecule has 1 aromatic heterocycles. The van der Waals surface area contributed by atoms with Crippen LogP contribution < -0.4 is 4.74 Å². The highest BCUT2D eigenvalue weighted by molar-refractivity contribution is 5.69. The van der Waals surface area contributed by atoms with Crippen molar-refractivity contribution in [2.45, 2.75) is 84.5 Å². The van der Waals surface area contributed by atoms with Crippen molar-refractivity contribution >= 4 is 0 Å². The van der Waals surface area contributed by atoms with Gasteiger partial charge in [-0.3, -0.25) is 4.98 Å². The van der Waals surface area contributed by atoms with Crippen LogP contribution >= 0.6 is 0 Å². The highest BCUT2D eigenvalue weighted by Gasteiger charge is 2.08. The van der Waals surface area contributed by atoms with Crippen molar-refractivity contribution in [2.24, 2.45) is 0 Å². The van der Waals surface area contributed by atoms with E-state index in [9.17, 15) is 4.39 Å². The summed E-state index contributed by atoms with van der Waals surface area (Å²) in [6.45, 7) is 5.09. The van der Waals surface area contributed by atoms with Gasteiger partial charge < -0.3 is 4.74 Å². The lowest BCUT2D eigenvalue weighted by atomic mass is 10.0. The van der Waals surface area contributed by atoms with Crippen LogP contribution in [0.1, 0.15) is 83.6 Å². The molecule has 0 amide bonds. The van der Waals surface area contributed by atoms with Crippen LogP contribution in [-0.2, 0) is 6.42 Å². The molecule has 3 heteroatoms. The van der Waals surface area contributed by atoms with Crippen LogP contribution in [0.25, 0.3) is 22.4 Å². The number of rotatable bonds is 15. The highest BCUT2D eigenvalue weighted by atomic mass is 19.1. The van der Waals surface area contributed by atoms with E-state index in [1.807, 2.05) is 42.6 Å². The summed E-state index contributed by atoms with van der Waals surface area (Å²) in [5.41, 5.74) is 4.73. The molecule has 182 valence electrons. The first-order valence-electron chi connectivity index (χ1n) is 13.2. The molecule has 1 heterocycles. The maximum absolute atomic E-state index is 14.8. The Labute approximate surface area is 205 Å². The Kier molecular flexibility index (Phi) is 11.1. The Morgan fingerprint density at radius 3 is 2.03 bits per heavy atom. The van der Waals surface area contributed by atoms with Crippen molar-refractivity contribution in [3.05, 3.63) is 72.2 Å². The van der Waals surface area contributed by atoms with Crippen LogP contribution in [0.4, 0.5) is 4.39 Å². The maximum atomic E-state index is 14.8. The molecule has 3 aromatic rings. The minimum Gasteiger partial charge on any atom is -0.493 e. The van der Waals surface area contributed by atoms with Gasteiger partial charge in [-0.1, -0.05) is 95.5 Å². The minimum atomic E-state index is -0.252. The van der Waals surface area contributed by atoms with Gasteiger partial charge in [-0.15, -0.1) is 0 Å². The Morgan fingerprint density at radius 2 is 1.38 bits per heavy atom. The Morgan fingerprint density at radius 1 is 0.706 bits per heavy atom. The predicted molar refractivity (Wildman–Crippen MR) is 142 cm³/mol. The Balaban J connectivity index is 1.53. The molecule has 3 rings (SSSR count). The third-order valence-electron chi connectivity index (χ3n) is 6.34. The van der Waals surface area contributed by atoms with Crippen LogP contribution in [0.5, 0.6) is 5.75 Å². The first kappa shape index (κ1) is 25.9. The van der Waals surface area contributed by atoms with E-state index in [0.29, 0.717) is 17.9 Å². The fourth-order valence-electron chi connectivity index (χ4n) is 4.21. The first-order valence-corrected chi connectivity index (χ1v) is 13.2. The molecule has 0 spiro atoms. The normalized spacial score (nSPS) is 11.0. The standard InChI is InChI=1S/C31H40FNO/c1-3-5-7-9-11-13-25-14-21-31(33-24-25)27-17-15-26(16-18-27)29-20-19-28(23-30(29)32)34-22-12-10-8-6-4-2/h14-21,23-24H,3-13,22H2,1-2H3. The number of benzene rings is 2. The van der Waals surface area contributed by atoms with Gasteiger partial charge in [-0.05, 0) is 48.6 Å². The summed E-state index contributed by atoms with van der Waals surface area (Å²) in [6.07, 6.45) is 15.4. The van der Waals surface area contributed by atoms with Gasteiger partial charge in [0.15, 0.2) is 0 Å². The molecular formula is C31H40FNO. The maximum Gasteiger partial charge on any atom is 0.134 e. The molecule has 0 radical (unpaired) electrons. The van der Waals surface area contributed by atoms with E-state index >= 15 is 0 Å². The molecule has 0 fully saturated rings. The second kappa shape index (κ2) is 14.6. The van der Waals surface area contributed by atoms with E-state index in [-0.39, 0.29) is 5.82 Å². The fourth-order valence-corrected chi connectivity index (χ4v) is 4.21. The van der Waals surface area contributed by atoms with Crippen LogP contribution in [0.3, 0.4) is 0 Å². The zero-order chi connectivity index (χ0) is 24.0. The average Bonchev–Trinajstić information content (AvgIpc) is 2.87. The van der Waals surface area contributed by atoms with E-state index < -0.39 is 0 Å². The average molecular weight is 462 g/mol. The molecule has 0 aliphatic heterocycles. The third-order valence-corrected chi connectivity index (χ3v) is 6.34. The van der Waals surface area contributed by atoms with Crippen LogP contribution in [-0.4, -0.2) is 11.6 Å². The summed E-state index contributed by atoms with van der Waals surface area (Å²) in [6, 6.07) is 17.4. The summed E-state index contributed by atoms with van der Waals surface area (Å²) in [5, 5.41) is 0. The largest absolute Gasteiger partial charge is 0.493 e. The second-order valence-electron chi connectivity index (χ2n) is 9.20. The molecule has 0 aliphatic carbocycles. The SMILES string of the molecule is CCCCCCCOc1ccc(-c2ccc(-c3ccc(CCCCCCC)cn3)cc2)c(F)c1. The number of aromatic nitrogens is 1. The quantitative estimate of drug-likeness (QED) is 0.210. The van der Waals surface area contributed by atoms with Gasteiger partial charge >= 0.3 is 0 Å². The summed E-state index contributed by atoms with van der Waals surface area (Å²) < 4.78 is 20.5. The Hall–Kier alpha value is -2.68. The van der Waals surface area contributed by atoms with E-state index in [2.05, 4.69) is 31.0 Å². The monoisotopic (exact) mass is 461 g/mol. The molecule has 2 aromatic carbocycles. The molecular weight excluding hydrogens is 421 g/mol. The number of unbranched alkanes of at least 4 members (excludes halogenated alkanes) is 8. The van der Waals surface area contributed by atoms with Crippen molar-refractivity contribution in [1.82, 2.24) is 4.98 Å². The van der Waals surface area contributed by atoms with E-state index in [1.165, 1.54) is 63.0 Å². The zero-order valence-corrected chi connectivity index (χ0v) is 21.0. The van der Waals surface area contributed by atoms with Crippen molar-refractivity contribution < 1.29 is 9.13 Å². The fraction of sp³-hybridized carbons (Fsp3) is 0.452. The molecule has 0 N–H and O–H groups in total. The summed E-state index contributed by atoms with van der Waals surface area (Å²) in [5.74, 6) is 0.348. The molecule has 0 unspecified atom stereocenters. The van der Waals surface area contributed by atoms with E-state index in [1.54, 1.807) is 0 Å². The second-order valence-corrected chi connectivity index (χ2v) is 9.20. The van der Waals surface area contributed by atoms with Crippen LogP contribution in [0, 0.1) is 5.82 Å². The molecule has 34 heavy (non-hydrogen) atoms. The lowest BCUT2D eigenvalue weighted by Gasteiger charge is -2.10. The molecule has 0 atom stereocenters. The summed E-state index contributed by atoms with van der Waals surface area (Å²) in [4.78, 5) is 4.66. The van der Waals surface area contributed by atoms with Crippen LogP contribution in [0.2, 0.25) is 0 Å². The zero-order valence-electron chi connectivity index (χ0n) is 21.0. The van der Waals surface area contributed by atoms with Gasteiger partial charge in [0.05, 0.1) is 12.3 Å². The first-order chi connectivity index (χ1) is 16.7. The van der Waals surface area contributed by atoms with Gasteiger partial charge in [0.2, 0.25) is 0 Å². The van der Waals surface area contributed by atoms with Crippen molar-refractivity contribution in [3.63, 3.8) is 0 Å². The number of halogens is 1. The van der Waals surface area contributed by atoms with E-state index in [4.69, 9.17) is 4.74 Å². The molecule has 0 aliphatic rings. The van der Waals surface area contributed by atoms with Crippen molar-refractivity contribution in [2.75, 3.05) is 6.61 Å². The number of hydrogen-bond donors (Lipinski definition) is 0. The van der Waals surface area contributed by atoms with Gasteiger partial charge in [0.25, 0.3) is 0 Å². The number of ether oxygens (including phenoxy) is 1. The molecule has 0 bridgehead atoms. The van der Waals surface area contributed by atoms with Crippen molar-refractivity contribution in [1.29, 1.82) is 0 Å². The summed E-state index contributed by atoms with van der Waals surface area (Å²) in [7, 11) is 0. The number of nitrogens with zero attached hydrogens (tertiary/aromatic N) is 1. The van der Waals surface area contributed by atoms with E-state index in [0.717, 1.165) is 36.1 Å². The molecule has 2 nitrogen and oxygen atoms in total. The number of hydrogen-bond acceptors (Lipinski definition) is 2. The number of aryl methyl sites for hydroxylation is 1. The van der Waals surface area contributed by atoms with Gasteiger partial charge in [0, 0.05) is 23.4 Å². The Bertz CT molecular complexity index is 966. The summed E-state index contributed by atoms with van der Waals surface area (Å²) >= 11 is 0. The smallest absolute Gasteiger partial charge is 0.134 e. The van der Waals surface area contributed by atoms with Crippen LogP contribution in [0.15, 0.2) is 60.8 Å². The van der Waals surface area contributed by atoms with Crippen molar-refractivity contribution in [3.8, 4) is 28.1 Å². The third kappa shape index (κ3) is 8.27. The molecule has 0 saturated heterocycles. The minimum absolute atomic E-state index is 0.252.